The van der Waals surface area contributed by atoms with Gasteiger partial charge in [0.2, 0.25) is 0 Å². The van der Waals surface area contributed by atoms with Crippen LogP contribution in [0.4, 0.5) is 5.69 Å². The van der Waals surface area contributed by atoms with Crippen molar-refractivity contribution in [2.45, 2.75) is 31.2 Å². The lowest BCUT2D eigenvalue weighted by Gasteiger charge is -2.13. The van der Waals surface area contributed by atoms with Gasteiger partial charge in [-0.15, -0.1) is 0 Å². The summed E-state index contributed by atoms with van der Waals surface area (Å²) in [6, 6.07) is 4.21. The summed E-state index contributed by atoms with van der Waals surface area (Å²) in [5.41, 5.74) is 1.00. The largest absolute Gasteiger partial charge is 0.495 e. The number of halogens is 1. The Morgan fingerprint density at radius 1 is 1.33 bits per heavy atom. The number of ether oxygens (including phenoxy) is 1. The molecule has 0 spiro atoms. The molecule has 0 aliphatic carbocycles. The molecule has 1 atom stereocenters. The van der Waals surface area contributed by atoms with E-state index >= 15 is 0 Å². The SMILES string of the molecule is COc1ccc(NS(=O)(=O)c2c(C)nn([C@@H]3CCS(=O)(=O)C3)c2C)cc1Cl. The maximum Gasteiger partial charge on any atom is 0.265 e. The zero-order valence-electron chi connectivity index (χ0n) is 15.1. The number of nitrogens with one attached hydrogen (secondary N) is 1. The van der Waals surface area contributed by atoms with E-state index in [1.807, 2.05) is 0 Å². The highest BCUT2D eigenvalue weighted by atomic mass is 35.5. The van der Waals surface area contributed by atoms with Gasteiger partial charge in [0.25, 0.3) is 10.0 Å². The number of rotatable bonds is 5. The first-order valence-electron chi connectivity index (χ1n) is 8.16. The lowest BCUT2D eigenvalue weighted by molar-refractivity contribution is 0.415. The van der Waals surface area contributed by atoms with Crippen molar-refractivity contribution in [1.82, 2.24) is 9.78 Å². The van der Waals surface area contributed by atoms with Gasteiger partial charge in [-0.05, 0) is 38.5 Å². The van der Waals surface area contributed by atoms with E-state index in [1.54, 1.807) is 26.0 Å². The van der Waals surface area contributed by atoms with Crippen LogP contribution in [-0.4, -0.2) is 45.2 Å². The van der Waals surface area contributed by atoms with Crippen molar-refractivity contribution in [3.05, 3.63) is 34.6 Å². The predicted octanol–water partition coefficient (Wildman–Crippen LogP) is 2.32. The molecule has 0 bridgehead atoms. The normalized spacial score (nSPS) is 19.2. The van der Waals surface area contributed by atoms with Crippen LogP contribution in [0.15, 0.2) is 23.1 Å². The fourth-order valence-corrected chi connectivity index (χ4v) is 6.70. The Hall–Kier alpha value is -1.78. The molecule has 0 amide bonds. The smallest absolute Gasteiger partial charge is 0.265 e. The summed E-state index contributed by atoms with van der Waals surface area (Å²) < 4.78 is 58.4. The number of hydrogen-bond donors (Lipinski definition) is 1. The van der Waals surface area contributed by atoms with Crippen LogP contribution in [0, 0.1) is 13.8 Å². The van der Waals surface area contributed by atoms with E-state index in [9.17, 15) is 16.8 Å². The zero-order chi connectivity index (χ0) is 20.0. The second-order valence-corrected chi connectivity index (χ2v) is 10.7. The lowest BCUT2D eigenvalue weighted by atomic mass is 10.2. The van der Waals surface area contributed by atoms with Crippen LogP contribution >= 0.6 is 11.6 Å². The third-order valence-corrected chi connectivity index (χ3v) is 8.16. The predicted molar refractivity (Wildman–Crippen MR) is 103 cm³/mol. The number of anilines is 1. The molecule has 148 valence electrons. The van der Waals surface area contributed by atoms with E-state index in [4.69, 9.17) is 16.3 Å². The fraction of sp³-hybridized carbons (Fsp3) is 0.438. The summed E-state index contributed by atoms with van der Waals surface area (Å²) in [6.07, 6.45) is 0.422. The van der Waals surface area contributed by atoms with Crippen LogP contribution in [0.2, 0.25) is 5.02 Å². The minimum Gasteiger partial charge on any atom is -0.495 e. The van der Waals surface area contributed by atoms with Crippen LogP contribution < -0.4 is 9.46 Å². The van der Waals surface area contributed by atoms with Gasteiger partial charge < -0.3 is 4.74 Å². The summed E-state index contributed by atoms with van der Waals surface area (Å²) in [4.78, 5) is 0.0405. The van der Waals surface area contributed by atoms with Gasteiger partial charge in [0.15, 0.2) is 9.84 Å². The molecule has 1 aromatic heterocycles. The summed E-state index contributed by atoms with van der Waals surface area (Å²) in [5, 5.41) is 4.57. The molecule has 1 aliphatic heterocycles. The summed E-state index contributed by atoms with van der Waals surface area (Å²) in [5.74, 6) is 0.485. The van der Waals surface area contributed by atoms with Gasteiger partial charge in [0.1, 0.15) is 10.6 Å². The van der Waals surface area contributed by atoms with E-state index in [2.05, 4.69) is 9.82 Å². The van der Waals surface area contributed by atoms with Gasteiger partial charge in [-0.1, -0.05) is 11.6 Å². The van der Waals surface area contributed by atoms with Crippen molar-refractivity contribution in [2.75, 3.05) is 23.3 Å². The molecular weight excluding hydrogens is 414 g/mol. The fourth-order valence-electron chi connectivity index (χ4n) is 3.30. The minimum absolute atomic E-state index is 0.0318. The van der Waals surface area contributed by atoms with Crippen LogP contribution in [0.1, 0.15) is 23.9 Å². The Kier molecular flexibility index (Phi) is 5.17. The second kappa shape index (κ2) is 6.99. The Morgan fingerprint density at radius 2 is 2.04 bits per heavy atom. The molecule has 1 aliphatic rings. The number of aryl methyl sites for hydroxylation is 1. The molecule has 0 saturated carbocycles. The molecule has 27 heavy (non-hydrogen) atoms. The first kappa shape index (κ1) is 20.0. The van der Waals surface area contributed by atoms with Crippen molar-refractivity contribution in [1.29, 1.82) is 0 Å². The van der Waals surface area contributed by atoms with Gasteiger partial charge in [0, 0.05) is 0 Å². The molecule has 3 rings (SSSR count). The first-order valence-corrected chi connectivity index (χ1v) is 11.8. The molecule has 11 heteroatoms. The number of benzene rings is 1. The molecule has 1 N–H and O–H groups in total. The third kappa shape index (κ3) is 3.92. The summed E-state index contributed by atoms with van der Waals surface area (Å²) in [6.45, 7) is 3.21. The maximum absolute atomic E-state index is 12.9. The molecule has 1 saturated heterocycles. The van der Waals surface area contributed by atoms with Gasteiger partial charge in [0.05, 0.1) is 46.8 Å². The quantitative estimate of drug-likeness (QED) is 0.775. The van der Waals surface area contributed by atoms with Crippen LogP contribution in [0.25, 0.3) is 0 Å². The zero-order valence-corrected chi connectivity index (χ0v) is 17.4. The maximum atomic E-state index is 12.9. The van der Waals surface area contributed by atoms with Gasteiger partial charge in [-0.3, -0.25) is 9.40 Å². The number of sulfone groups is 1. The molecular formula is C16H20ClN3O5S2. The molecule has 0 unspecified atom stereocenters. The van der Waals surface area contributed by atoms with Crippen LogP contribution in [0.3, 0.4) is 0 Å². The topological polar surface area (TPSA) is 107 Å². The van der Waals surface area contributed by atoms with Gasteiger partial charge in [-0.25, -0.2) is 16.8 Å². The standard InChI is InChI=1S/C16H20ClN3O5S2/c1-10-16(11(2)20(18-10)13-6-7-26(21,22)9-13)27(23,24)19-12-4-5-15(25-3)14(17)8-12/h4-5,8,13,19H,6-7,9H2,1-3H3/t13-/m1/s1. The number of methoxy groups -OCH3 is 1. The van der Waals surface area contributed by atoms with Crippen LogP contribution in [0.5, 0.6) is 5.75 Å². The Labute approximate surface area is 163 Å². The van der Waals surface area contributed by atoms with E-state index < -0.39 is 19.9 Å². The van der Waals surface area contributed by atoms with Crippen molar-refractivity contribution in [3.8, 4) is 5.75 Å². The molecule has 2 aromatic rings. The first-order chi connectivity index (χ1) is 12.5. The highest BCUT2D eigenvalue weighted by Gasteiger charge is 2.33. The minimum atomic E-state index is -3.93. The Balaban J connectivity index is 1.94. The molecule has 1 fully saturated rings. The van der Waals surface area contributed by atoms with E-state index in [-0.39, 0.29) is 33.2 Å². The van der Waals surface area contributed by atoms with E-state index in [0.717, 1.165) is 0 Å². The van der Waals surface area contributed by atoms with Gasteiger partial charge in [-0.2, -0.15) is 5.10 Å². The van der Waals surface area contributed by atoms with Crippen molar-refractivity contribution < 1.29 is 21.6 Å². The number of sulfonamides is 1. The van der Waals surface area contributed by atoms with Crippen molar-refractivity contribution in [3.63, 3.8) is 0 Å². The number of aromatic nitrogens is 2. The third-order valence-electron chi connectivity index (χ3n) is 4.49. The van der Waals surface area contributed by atoms with Crippen LogP contribution in [-0.2, 0) is 19.9 Å². The molecule has 0 radical (unpaired) electrons. The lowest BCUT2D eigenvalue weighted by Crippen LogP contribution is -2.17. The molecule has 2 heterocycles. The average Bonchev–Trinajstić information content (AvgIpc) is 3.06. The molecule has 8 nitrogen and oxygen atoms in total. The van der Waals surface area contributed by atoms with Gasteiger partial charge >= 0.3 is 0 Å². The Bertz CT molecular complexity index is 1090. The number of nitrogens with zero attached hydrogens (tertiary/aromatic N) is 2. The van der Waals surface area contributed by atoms with Crippen molar-refractivity contribution >= 4 is 37.1 Å². The number of hydrogen-bond acceptors (Lipinski definition) is 6. The average molecular weight is 434 g/mol. The summed E-state index contributed by atoms with van der Waals surface area (Å²) >= 11 is 6.05. The summed E-state index contributed by atoms with van der Waals surface area (Å²) in [7, 11) is -5.57. The van der Waals surface area contributed by atoms with Crippen molar-refractivity contribution in [2.24, 2.45) is 0 Å². The monoisotopic (exact) mass is 433 g/mol. The Morgan fingerprint density at radius 3 is 2.59 bits per heavy atom. The highest BCUT2D eigenvalue weighted by molar-refractivity contribution is 7.92. The molecule has 1 aromatic carbocycles. The highest BCUT2D eigenvalue weighted by Crippen LogP contribution is 2.31. The van der Waals surface area contributed by atoms with E-state index in [0.29, 0.717) is 23.6 Å². The van der Waals surface area contributed by atoms with E-state index in [1.165, 1.54) is 17.9 Å². The second-order valence-electron chi connectivity index (χ2n) is 6.46.